The van der Waals surface area contributed by atoms with Crippen LogP contribution in [-0.2, 0) is 25.7 Å². The van der Waals surface area contributed by atoms with Crippen LogP contribution in [0.1, 0.15) is 27.2 Å². The number of carbonyl (C=O) groups is 1. The molecule has 1 amide bonds. The van der Waals surface area contributed by atoms with E-state index < -0.39 is 11.7 Å². The molecule has 1 aromatic carbocycles. The van der Waals surface area contributed by atoms with Crippen molar-refractivity contribution in [3.63, 3.8) is 0 Å². The third-order valence-electron chi connectivity index (χ3n) is 7.07. The lowest BCUT2D eigenvalue weighted by Crippen LogP contribution is -2.43. The Morgan fingerprint density at radius 3 is 2.66 bits per heavy atom. The molecule has 3 aromatic rings. The molecular weight excluding hydrogens is 539 g/mol. The Hall–Kier alpha value is -2.80. The summed E-state index contributed by atoms with van der Waals surface area (Å²) in [6.45, 7) is 5.27. The van der Waals surface area contributed by atoms with Gasteiger partial charge in [0, 0.05) is 56.4 Å². The summed E-state index contributed by atoms with van der Waals surface area (Å²) in [6, 6.07) is 8.05. The first-order chi connectivity index (χ1) is 18.3. The van der Waals surface area contributed by atoms with Gasteiger partial charge in [0.05, 0.1) is 29.6 Å². The smallest absolute Gasteiger partial charge is 0.354 e. The van der Waals surface area contributed by atoms with Crippen LogP contribution < -0.4 is 15.1 Å². The monoisotopic (exact) mass is 563 g/mol. The molecule has 2 aromatic heterocycles. The van der Waals surface area contributed by atoms with Crippen LogP contribution in [0.2, 0.25) is 5.15 Å². The number of amides is 1. The van der Waals surface area contributed by atoms with Crippen molar-refractivity contribution < 1.29 is 18.0 Å². The minimum Gasteiger partial charge on any atom is -0.354 e. The molecule has 6 rings (SSSR count). The lowest BCUT2D eigenvalue weighted by molar-refractivity contribution is -0.137. The summed E-state index contributed by atoms with van der Waals surface area (Å²) in [5, 5.41) is 7.52. The van der Waals surface area contributed by atoms with Crippen molar-refractivity contribution >= 4 is 41.0 Å². The van der Waals surface area contributed by atoms with Gasteiger partial charge in [0.1, 0.15) is 11.0 Å². The van der Waals surface area contributed by atoms with Crippen molar-refractivity contribution in [3.8, 4) is 0 Å². The Morgan fingerprint density at radius 2 is 1.87 bits per heavy atom. The summed E-state index contributed by atoms with van der Waals surface area (Å²) in [5.41, 5.74) is 2.85. The first kappa shape index (κ1) is 25.5. The highest BCUT2D eigenvalue weighted by Gasteiger charge is 2.33. The van der Waals surface area contributed by atoms with Gasteiger partial charge in [0.15, 0.2) is 0 Å². The third-order valence-corrected chi connectivity index (χ3v) is 8.35. The van der Waals surface area contributed by atoms with Crippen molar-refractivity contribution in [3.05, 3.63) is 64.1 Å². The summed E-state index contributed by atoms with van der Waals surface area (Å²) in [5.74, 6) is 0.223. The molecule has 1 N–H and O–H groups in total. The van der Waals surface area contributed by atoms with Gasteiger partial charge in [-0.25, -0.2) is 9.29 Å². The minimum absolute atomic E-state index is 0.0199. The highest BCUT2D eigenvalue weighted by Crippen LogP contribution is 2.36. The molecule has 0 aliphatic carbocycles. The van der Waals surface area contributed by atoms with Crippen LogP contribution in [0.3, 0.4) is 0 Å². The van der Waals surface area contributed by atoms with Gasteiger partial charge in [-0.05, 0) is 54.3 Å². The Balaban J connectivity index is 1.10. The van der Waals surface area contributed by atoms with E-state index in [2.05, 4.69) is 25.8 Å². The summed E-state index contributed by atoms with van der Waals surface area (Å²) in [7, 11) is 0. The number of halogens is 4. The van der Waals surface area contributed by atoms with Crippen molar-refractivity contribution in [2.45, 2.75) is 30.6 Å². The predicted octanol–water partition coefficient (Wildman–Crippen LogP) is 4.09. The van der Waals surface area contributed by atoms with Gasteiger partial charge < -0.3 is 15.1 Å². The van der Waals surface area contributed by atoms with E-state index in [9.17, 15) is 18.0 Å². The number of aromatic nitrogens is 3. The van der Waals surface area contributed by atoms with Crippen LogP contribution in [0.5, 0.6) is 0 Å². The molecule has 1 fully saturated rings. The third kappa shape index (κ3) is 4.97. The summed E-state index contributed by atoms with van der Waals surface area (Å²) in [4.78, 5) is 22.2. The van der Waals surface area contributed by atoms with E-state index >= 15 is 0 Å². The number of carbonyl (C=O) groups excluding carboxylic acids is 1. The molecule has 38 heavy (non-hydrogen) atoms. The van der Waals surface area contributed by atoms with E-state index in [0.29, 0.717) is 44.8 Å². The van der Waals surface area contributed by atoms with Crippen LogP contribution in [0.4, 0.5) is 24.7 Å². The maximum absolute atomic E-state index is 13.3. The van der Waals surface area contributed by atoms with E-state index in [1.165, 1.54) is 0 Å². The normalized spacial score (nSPS) is 18.0. The summed E-state index contributed by atoms with van der Waals surface area (Å²) in [6.07, 6.45) is -2.01. The number of hydrogen-bond donors (Lipinski definition) is 1. The molecule has 0 bridgehead atoms. The lowest BCUT2D eigenvalue weighted by Gasteiger charge is -2.34. The predicted molar refractivity (Wildman–Crippen MR) is 140 cm³/mol. The number of rotatable bonds is 4. The summed E-state index contributed by atoms with van der Waals surface area (Å²) < 4.78 is 43.6. The first-order valence-electron chi connectivity index (χ1n) is 12.4. The Kier molecular flexibility index (Phi) is 6.75. The number of nitrogens with one attached hydrogen (secondary N) is 1. The summed E-state index contributed by atoms with van der Waals surface area (Å²) >= 11 is 7.48. The molecule has 0 atom stereocenters. The van der Waals surface area contributed by atoms with Gasteiger partial charge in [-0.3, -0.25) is 9.48 Å². The fourth-order valence-corrected chi connectivity index (χ4v) is 6.29. The van der Waals surface area contributed by atoms with E-state index in [1.54, 1.807) is 18.1 Å². The molecule has 0 spiro atoms. The fourth-order valence-electron chi connectivity index (χ4n) is 5.12. The molecule has 5 heterocycles. The van der Waals surface area contributed by atoms with Gasteiger partial charge in [-0.2, -0.15) is 18.3 Å². The van der Waals surface area contributed by atoms with Gasteiger partial charge >= 0.3 is 6.18 Å². The second-order valence-electron chi connectivity index (χ2n) is 9.44. The molecule has 0 unspecified atom stereocenters. The molecule has 0 saturated carbocycles. The highest BCUT2D eigenvalue weighted by molar-refractivity contribution is 7.97. The number of benzene rings is 1. The van der Waals surface area contributed by atoms with E-state index in [4.69, 9.17) is 11.6 Å². The van der Waals surface area contributed by atoms with Crippen molar-refractivity contribution in [1.82, 2.24) is 24.4 Å². The average Bonchev–Trinajstić information content (AvgIpc) is 3.52. The maximum atomic E-state index is 13.3. The van der Waals surface area contributed by atoms with Crippen LogP contribution >= 0.6 is 23.5 Å². The second kappa shape index (κ2) is 10.1. The number of anilines is 2. The highest BCUT2D eigenvalue weighted by atomic mass is 35.5. The molecule has 200 valence electrons. The fraction of sp³-hybridized carbons (Fsp3) is 0.400. The Morgan fingerprint density at radius 1 is 1.05 bits per heavy atom. The molecule has 0 radical (unpaired) electrons. The Labute approximate surface area is 226 Å². The van der Waals surface area contributed by atoms with Crippen molar-refractivity contribution in [2.75, 3.05) is 49.1 Å². The topological polar surface area (TPSA) is 69.5 Å². The molecule has 3 aliphatic rings. The number of alkyl halides is 3. The van der Waals surface area contributed by atoms with Gasteiger partial charge in [0.2, 0.25) is 0 Å². The molecule has 1 saturated heterocycles. The molecule has 13 heteroatoms. The lowest BCUT2D eigenvalue weighted by atomic mass is 10.1. The van der Waals surface area contributed by atoms with Crippen LogP contribution in [0.25, 0.3) is 0 Å². The zero-order valence-corrected chi connectivity index (χ0v) is 21.9. The maximum Gasteiger partial charge on any atom is 0.416 e. The standard InChI is InChI=1S/C25H25ClF3N7OS/c26-22-12-17(25(27,28)29)13-23(32-22)33-7-9-34(10-8-33)38-18-1-2-20-16(11-18)3-5-35(20)24(37)19-14-31-36-6-4-30-15-21(19)36/h1-2,11-14,30H,3-10,15H2. The van der Waals surface area contributed by atoms with Crippen LogP contribution in [0.15, 0.2) is 41.4 Å². The van der Waals surface area contributed by atoms with E-state index in [1.807, 2.05) is 26.6 Å². The zero-order valence-electron chi connectivity index (χ0n) is 20.3. The average molecular weight is 564 g/mol. The van der Waals surface area contributed by atoms with Gasteiger partial charge in [-0.15, -0.1) is 0 Å². The minimum atomic E-state index is -4.47. The van der Waals surface area contributed by atoms with Crippen LogP contribution in [0, 0.1) is 0 Å². The number of piperazine rings is 1. The molecule has 8 nitrogen and oxygen atoms in total. The number of nitrogens with zero attached hydrogens (tertiary/aromatic N) is 6. The first-order valence-corrected chi connectivity index (χ1v) is 13.5. The van der Waals surface area contributed by atoms with Crippen LogP contribution in [-0.4, -0.2) is 64.2 Å². The number of fused-ring (bicyclic) bond motifs is 2. The van der Waals surface area contributed by atoms with Crippen molar-refractivity contribution in [2.24, 2.45) is 0 Å². The SMILES string of the molecule is O=C(c1cnn2c1CNCC2)N1CCc2cc(SN3CCN(c4cc(C(F)(F)F)cc(Cl)n4)CC3)ccc21. The molecular formula is C25H25ClF3N7OS. The Bertz CT molecular complexity index is 1370. The van der Waals surface area contributed by atoms with E-state index in [0.717, 1.165) is 53.5 Å². The second-order valence-corrected chi connectivity index (χ2v) is 11.0. The zero-order chi connectivity index (χ0) is 26.4. The number of pyridine rings is 1. The van der Waals surface area contributed by atoms with Crippen molar-refractivity contribution in [1.29, 1.82) is 0 Å². The molecule has 3 aliphatic heterocycles. The van der Waals surface area contributed by atoms with Gasteiger partial charge in [-0.1, -0.05) is 11.6 Å². The van der Waals surface area contributed by atoms with Gasteiger partial charge in [0.25, 0.3) is 5.91 Å². The number of hydrogen-bond acceptors (Lipinski definition) is 7. The van der Waals surface area contributed by atoms with E-state index in [-0.39, 0.29) is 16.9 Å². The largest absolute Gasteiger partial charge is 0.416 e. The quantitative estimate of drug-likeness (QED) is 0.379.